The first-order valence-electron chi connectivity index (χ1n) is 13.5. The number of ether oxygens (including phenoxy) is 1. The fourth-order valence-electron chi connectivity index (χ4n) is 5.09. The van der Waals surface area contributed by atoms with E-state index < -0.39 is 39.5 Å². The number of hydrogen-bond acceptors (Lipinski definition) is 7. The Balaban J connectivity index is 0.00000462. The molecule has 1 saturated heterocycles. The number of rotatable bonds is 9. The molecule has 2 aliphatic rings. The predicted octanol–water partition coefficient (Wildman–Crippen LogP) is 2.38. The predicted molar refractivity (Wildman–Crippen MR) is 154 cm³/mol. The smallest absolute Gasteiger partial charge is 0.240 e. The molecule has 0 saturated carbocycles. The molecule has 1 atom stereocenters. The number of hydrogen-bond donors (Lipinski definition) is 2. The molecular weight excluding hydrogens is 540 g/mol. The normalized spacial score (nSPS) is 18.3. The van der Waals surface area contributed by atoms with Crippen molar-refractivity contribution in [3.63, 3.8) is 0 Å². The van der Waals surface area contributed by atoms with E-state index in [1.807, 2.05) is 30.2 Å². The fraction of sp³-hybridized carbons (Fsp3) is 0.464. The van der Waals surface area contributed by atoms with Crippen molar-refractivity contribution >= 4 is 40.0 Å². The average molecular weight is 579 g/mol. The zero-order chi connectivity index (χ0) is 29.3. The second-order valence-electron chi connectivity index (χ2n) is 10.6. The van der Waals surface area contributed by atoms with Gasteiger partial charge in [-0.25, -0.2) is 13.2 Å². The molecule has 0 radical (unpaired) electrons. The maximum Gasteiger partial charge on any atom is 0.240 e. The van der Waals surface area contributed by atoms with Crippen molar-refractivity contribution in [1.82, 2.24) is 10.2 Å². The van der Waals surface area contributed by atoms with Gasteiger partial charge >= 0.3 is 0 Å². The van der Waals surface area contributed by atoms with Crippen molar-refractivity contribution in [2.45, 2.75) is 50.2 Å². The van der Waals surface area contributed by atoms with Gasteiger partial charge in [0.05, 0.1) is 33.4 Å². The Bertz CT molecular complexity index is 1400. The second-order valence-corrected chi connectivity index (χ2v) is 12.5. The molecule has 2 heterocycles. The SMILES string of the molecule is Cl.[2H]C([2H])(OC[C@H](NC(=O)C(C)(C)N)C(=C=O)N1CCC2(CC1)CN(S(C)(=O)=O)c1ccccc12)c1ccccc1. The van der Waals surface area contributed by atoms with Gasteiger partial charge in [0, 0.05) is 25.0 Å². The summed E-state index contributed by atoms with van der Waals surface area (Å²) in [6.45, 7) is 1.68. The van der Waals surface area contributed by atoms with Gasteiger partial charge in [-0.05, 0) is 43.9 Å². The van der Waals surface area contributed by atoms with E-state index in [-0.39, 0.29) is 24.7 Å². The summed E-state index contributed by atoms with van der Waals surface area (Å²) >= 11 is 0. The summed E-state index contributed by atoms with van der Waals surface area (Å²) in [7, 11) is -3.47. The highest BCUT2D eigenvalue weighted by molar-refractivity contribution is 7.92. The van der Waals surface area contributed by atoms with Gasteiger partial charge < -0.3 is 20.7 Å². The number of carbonyl (C=O) groups is 1. The molecule has 11 heteroatoms. The average Bonchev–Trinajstić information content (AvgIpc) is 3.23. The largest absolute Gasteiger partial charge is 0.374 e. The molecule has 39 heavy (non-hydrogen) atoms. The highest BCUT2D eigenvalue weighted by Gasteiger charge is 2.47. The van der Waals surface area contributed by atoms with Gasteiger partial charge in [-0.2, -0.15) is 0 Å². The Kier molecular flexibility index (Phi) is 8.59. The van der Waals surface area contributed by atoms with Crippen molar-refractivity contribution in [3.8, 4) is 0 Å². The zero-order valence-electron chi connectivity index (χ0n) is 24.3. The number of para-hydroxylation sites is 1. The van der Waals surface area contributed by atoms with Crippen LogP contribution in [-0.2, 0) is 36.3 Å². The Labute approximate surface area is 239 Å². The lowest BCUT2D eigenvalue weighted by Gasteiger charge is -2.42. The molecule has 1 amide bonds. The van der Waals surface area contributed by atoms with Gasteiger partial charge in [0.15, 0.2) is 0 Å². The van der Waals surface area contributed by atoms with Crippen LogP contribution in [0.2, 0.25) is 0 Å². The van der Waals surface area contributed by atoms with Crippen LogP contribution in [0.4, 0.5) is 5.69 Å². The molecule has 0 unspecified atom stereocenters. The van der Waals surface area contributed by atoms with Gasteiger partial charge in [0.1, 0.15) is 17.7 Å². The van der Waals surface area contributed by atoms with E-state index in [0.717, 1.165) is 5.56 Å². The monoisotopic (exact) mass is 578 g/mol. The van der Waals surface area contributed by atoms with Crippen LogP contribution in [0.3, 0.4) is 0 Å². The van der Waals surface area contributed by atoms with Crippen LogP contribution in [-0.4, -0.2) is 69.2 Å². The van der Waals surface area contributed by atoms with E-state index in [1.54, 1.807) is 35.2 Å². The molecule has 1 fully saturated rings. The minimum absolute atomic E-state index is 0. The van der Waals surface area contributed by atoms with Gasteiger partial charge in [0.25, 0.3) is 0 Å². The maximum absolute atomic E-state index is 12.8. The quantitative estimate of drug-likeness (QED) is 0.438. The van der Waals surface area contributed by atoms with Crippen LogP contribution in [0.5, 0.6) is 0 Å². The van der Waals surface area contributed by atoms with E-state index in [9.17, 15) is 18.0 Å². The number of likely N-dealkylation sites (tertiary alicyclic amines) is 1. The molecular formula is C28H37ClN4O5S. The summed E-state index contributed by atoms with van der Waals surface area (Å²) in [4.78, 5) is 27.0. The third kappa shape index (κ3) is 6.83. The molecule has 2 aliphatic heterocycles. The first kappa shape index (κ1) is 27.7. The van der Waals surface area contributed by atoms with Crippen molar-refractivity contribution in [2.24, 2.45) is 5.73 Å². The van der Waals surface area contributed by atoms with Gasteiger partial charge in [-0.3, -0.25) is 9.10 Å². The molecule has 2 aromatic rings. The topological polar surface area (TPSA) is 122 Å². The zero-order valence-corrected chi connectivity index (χ0v) is 24.0. The summed E-state index contributed by atoms with van der Waals surface area (Å²) in [5, 5.41) is 2.75. The number of anilines is 1. The number of nitrogens with one attached hydrogen (secondary N) is 1. The van der Waals surface area contributed by atoms with Crippen LogP contribution >= 0.6 is 12.4 Å². The number of nitrogens with two attached hydrogens (primary N) is 1. The molecule has 3 N–H and O–H groups in total. The van der Waals surface area contributed by atoms with Crippen LogP contribution < -0.4 is 15.4 Å². The van der Waals surface area contributed by atoms with Gasteiger partial charge in [-0.1, -0.05) is 48.5 Å². The summed E-state index contributed by atoms with van der Waals surface area (Å²) < 4.78 is 48.9. The van der Waals surface area contributed by atoms with Crippen molar-refractivity contribution in [3.05, 3.63) is 71.4 Å². The Morgan fingerprint density at radius 3 is 2.38 bits per heavy atom. The molecule has 1 spiro atoms. The van der Waals surface area contributed by atoms with Crippen LogP contribution in [0.25, 0.3) is 0 Å². The summed E-state index contributed by atoms with van der Waals surface area (Å²) in [5.74, 6) is 1.43. The lowest BCUT2D eigenvalue weighted by atomic mass is 9.74. The molecule has 212 valence electrons. The Morgan fingerprint density at radius 2 is 1.79 bits per heavy atom. The number of piperidine rings is 1. The first-order chi connectivity index (χ1) is 18.7. The second kappa shape index (κ2) is 12.1. The van der Waals surface area contributed by atoms with Crippen molar-refractivity contribution in [1.29, 1.82) is 0 Å². The number of sulfonamides is 1. The van der Waals surface area contributed by atoms with Crippen molar-refractivity contribution in [2.75, 3.05) is 36.8 Å². The van der Waals surface area contributed by atoms with E-state index >= 15 is 0 Å². The maximum atomic E-state index is 12.8. The molecule has 0 aliphatic carbocycles. The lowest BCUT2D eigenvalue weighted by molar-refractivity contribution is -0.126. The van der Waals surface area contributed by atoms with E-state index in [1.165, 1.54) is 24.4 Å². The molecule has 9 nitrogen and oxygen atoms in total. The van der Waals surface area contributed by atoms with E-state index in [2.05, 4.69) is 5.32 Å². The molecule has 0 aromatic heterocycles. The number of benzene rings is 2. The number of fused-ring (bicyclic) bond motifs is 2. The first-order valence-corrected chi connectivity index (χ1v) is 14.4. The number of carbonyl (C=O) groups excluding carboxylic acids is 2. The third-order valence-corrected chi connectivity index (χ3v) is 8.32. The van der Waals surface area contributed by atoms with Crippen LogP contribution in [0.15, 0.2) is 60.3 Å². The standard InChI is InChI=1S/C28H36N4O5S.ClH/c1-27(2,29)26(34)30-23(19-37-18-21-9-5-4-6-10-21)25(17-33)31-15-13-28(14-16-31)20-32(38(3,35)36)24-12-8-7-11-22(24)28;/h4-12,23H,13-16,18-20,29H2,1-3H3,(H,30,34);1H/t23-;/m0./s1/i18D2;. The number of halogens is 1. The third-order valence-electron chi connectivity index (χ3n) is 7.19. The highest BCUT2D eigenvalue weighted by Crippen LogP contribution is 2.48. The van der Waals surface area contributed by atoms with Gasteiger partial charge in [0.2, 0.25) is 15.9 Å². The van der Waals surface area contributed by atoms with Crippen LogP contribution in [0, 0.1) is 0 Å². The van der Waals surface area contributed by atoms with E-state index in [4.69, 9.17) is 13.2 Å². The summed E-state index contributed by atoms with van der Waals surface area (Å²) in [6.07, 6.45) is 2.33. The Morgan fingerprint density at radius 1 is 1.18 bits per heavy atom. The van der Waals surface area contributed by atoms with E-state index in [0.29, 0.717) is 43.7 Å². The lowest BCUT2D eigenvalue weighted by Crippen LogP contribution is -2.56. The number of nitrogens with zero attached hydrogens (tertiary/aromatic N) is 2. The summed E-state index contributed by atoms with van der Waals surface area (Å²) in [6, 6.07) is 14.8. The summed E-state index contributed by atoms with van der Waals surface area (Å²) in [5.41, 5.74) is 6.39. The Hall–Kier alpha value is -2.88. The van der Waals surface area contributed by atoms with Gasteiger partial charge in [-0.15, -0.1) is 12.4 Å². The fourth-order valence-corrected chi connectivity index (χ4v) is 6.09. The molecule has 2 aromatic carbocycles. The highest BCUT2D eigenvalue weighted by atomic mass is 35.5. The minimum Gasteiger partial charge on any atom is -0.374 e. The minimum atomic E-state index is -3.47. The number of amides is 1. The van der Waals surface area contributed by atoms with Crippen molar-refractivity contribution < 1.29 is 25.5 Å². The molecule has 0 bridgehead atoms. The van der Waals surface area contributed by atoms with Crippen LogP contribution in [0.1, 0.15) is 40.6 Å². The molecule has 4 rings (SSSR count).